The highest BCUT2D eigenvalue weighted by Gasteiger charge is 2.34. The van der Waals surface area contributed by atoms with Crippen LogP contribution in [0.15, 0.2) is 48.5 Å². The van der Waals surface area contributed by atoms with Crippen molar-refractivity contribution in [2.24, 2.45) is 0 Å². The SMILES string of the molecule is O=C(OCc1ccc([N+](=O)[O-])cc1)C1CNCCN1C(=O)OCc1ccc([N+](=O)[O-])cc1. The molecule has 0 aliphatic carbocycles. The quantitative estimate of drug-likeness (QED) is 0.384. The highest BCUT2D eigenvalue weighted by atomic mass is 16.6. The van der Waals surface area contributed by atoms with Crippen molar-refractivity contribution >= 4 is 23.4 Å². The molecule has 0 aromatic heterocycles. The molecular weight excluding hydrogens is 424 g/mol. The number of esters is 1. The first-order chi connectivity index (χ1) is 15.3. The first-order valence-corrected chi connectivity index (χ1v) is 9.62. The van der Waals surface area contributed by atoms with Gasteiger partial charge in [0.1, 0.15) is 19.3 Å². The van der Waals surface area contributed by atoms with Crippen molar-refractivity contribution in [2.75, 3.05) is 19.6 Å². The first-order valence-electron chi connectivity index (χ1n) is 9.62. The number of nitro groups is 2. The highest BCUT2D eigenvalue weighted by Crippen LogP contribution is 2.16. The third kappa shape index (κ3) is 5.76. The van der Waals surface area contributed by atoms with Crippen LogP contribution >= 0.6 is 0 Å². The fourth-order valence-electron chi connectivity index (χ4n) is 3.04. The van der Waals surface area contributed by atoms with E-state index in [2.05, 4.69) is 5.32 Å². The minimum atomic E-state index is -0.897. The van der Waals surface area contributed by atoms with E-state index < -0.39 is 28.0 Å². The molecule has 0 spiro atoms. The van der Waals surface area contributed by atoms with Gasteiger partial charge in [-0.25, -0.2) is 9.59 Å². The van der Waals surface area contributed by atoms with Crippen LogP contribution in [0.5, 0.6) is 0 Å². The number of carbonyl (C=O) groups is 2. The Morgan fingerprint density at radius 2 is 1.41 bits per heavy atom. The second-order valence-electron chi connectivity index (χ2n) is 6.92. The van der Waals surface area contributed by atoms with E-state index in [0.29, 0.717) is 17.7 Å². The van der Waals surface area contributed by atoms with Gasteiger partial charge >= 0.3 is 12.1 Å². The predicted molar refractivity (Wildman–Crippen MR) is 110 cm³/mol. The van der Waals surface area contributed by atoms with E-state index in [1.165, 1.54) is 53.4 Å². The van der Waals surface area contributed by atoms with Gasteiger partial charge in [-0.2, -0.15) is 0 Å². The number of ether oxygens (including phenoxy) is 2. The standard InChI is InChI=1S/C20H20N4O8/c25-19(31-12-14-1-5-16(6-2-14)23(27)28)18-11-21-9-10-22(18)20(26)32-13-15-3-7-17(8-4-15)24(29)30/h1-8,18,21H,9-13H2. The van der Waals surface area contributed by atoms with Gasteiger partial charge < -0.3 is 14.8 Å². The third-order valence-corrected chi connectivity index (χ3v) is 4.79. The van der Waals surface area contributed by atoms with Gasteiger partial charge in [0, 0.05) is 43.9 Å². The molecule has 1 aliphatic rings. The number of hydrogen-bond donors (Lipinski definition) is 1. The molecule has 0 bridgehead atoms. The van der Waals surface area contributed by atoms with Gasteiger partial charge in [0.05, 0.1) is 9.85 Å². The van der Waals surface area contributed by atoms with Crippen molar-refractivity contribution in [1.29, 1.82) is 0 Å². The maximum absolute atomic E-state index is 12.6. The van der Waals surface area contributed by atoms with Crippen molar-refractivity contribution in [2.45, 2.75) is 19.3 Å². The summed E-state index contributed by atoms with van der Waals surface area (Å²) < 4.78 is 10.5. The molecule has 12 heteroatoms. The van der Waals surface area contributed by atoms with Crippen LogP contribution in [0.25, 0.3) is 0 Å². The zero-order valence-electron chi connectivity index (χ0n) is 16.8. The van der Waals surface area contributed by atoms with Crippen LogP contribution in [0, 0.1) is 20.2 Å². The molecule has 2 aromatic carbocycles. The molecule has 1 atom stereocenters. The van der Waals surface area contributed by atoms with Crippen LogP contribution < -0.4 is 5.32 Å². The van der Waals surface area contributed by atoms with Crippen molar-refractivity contribution in [3.8, 4) is 0 Å². The molecule has 1 fully saturated rings. The lowest BCUT2D eigenvalue weighted by Crippen LogP contribution is -2.57. The lowest BCUT2D eigenvalue weighted by atomic mass is 10.2. The number of amides is 1. The van der Waals surface area contributed by atoms with E-state index in [4.69, 9.17) is 9.47 Å². The summed E-state index contributed by atoms with van der Waals surface area (Å²) in [5, 5.41) is 24.4. The van der Waals surface area contributed by atoms with E-state index in [1.54, 1.807) is 0 Å². The number of nitro benzene ring substituents is 2. The van der Waals surface area contributed by atoms with Crippen LogP contribution in [0.4, 0.5) is 16.2 Å². The Balaban J connectivity index is 1.55. The third-order valence-electron chi connectivity index (χ3n) is 4.79. The average Bonchev–Trinajstić information content (AvgIpc) is 2.81. The number of rotatable bonds is 7. The molecule has 2 aromatic rings. The Kier molecular flexibility index (Phi) is 7.29. The molecule has 0 saturated carbocycles. The number of nitrogens with one attached hydrogen (secondary N) is 1. The highest BCUT2D eigenvalue weighted by molar-refractivity contribution is 5.82. The minimum absolute atomic E-state index is 0.0708. The average molecular weight is 444 g/mol. The van der Waals surface area contributed by atoms with E-state index in [0.717, 1.165) is 0 Å². The Morgan fingerprint density at radius 3 is 1.91 bits per heavy atom. The van der Waals surface area contributed by atoms with Gasteiger partial charge in [0.25, 0.3) is 11.4 Å². The van der Waals surface area contributed by atoms with Crippen molar-refractivity contribution in [3.05, 3.63) is 79.9 Å². The van der Waals surface area contributed by atoms with Gasteiger partial charge in [-0.15, -0.1) is 0 Å². The van der Waals surface area contributed by atoms with Gasteiger partial charge in [-0.05, 0) is 35.4 Å². The fraction of sp³-hybridized carbons (Fsp3) is 0.300. The van der Waals surface area contributed by atoms with Crippen LogP contribution in [-0.2, 0) is 27.5 Å². The topological polar surface area (TPSA) is 154 Å². The molecular formula is C20H20N4O8. The van der Waals surface area contributed by atoms with Gasteiger partial charge in [0.15, 0.2) is 0 Å². The summed E-state index contributed by atoms with van der Waals surface area (Å²) >= 11 is 0. The van der Waals surface area contributed by atoms with E-state index in [9.17, 15) is 29.8 Å². The zero-order chi connectivity index (χ0) is 23.1. The van der Waals surface area contributed by atoms with Gasteiger partial charge in [-0.3, -0.25) is 25.1 Å². The summed E-state index contributed by atoms with van der Waals surface area (Å²) in [4.78, 5) is 46.7. The number of piperazine rings is 1. The van der Waals surface area contributed by atoms with Crippen LogP contribution in [-0.4, -0.2) is 52.5 Å². The summed E-state index contributed by atoms with van der Waals surface area (Å²) in [6.07, 6.45) is -0.706. The summed E-state index contributed by atoms with van der Waals surface area (Å²) in [6, 6.07) is 10.3. The Hall–Kier alpha value is -4.06. The fourth-order valence-corrected chi connectivity index (χ4v) is 3.04. The molecule has 1 saturated heterocycles. The molecule has 168 valence electrons. The largest absolute Gasteiger partial charge is 0.459 e. The normalized spacial score (nSPS) is 15.6. The lowest BCUT2D eigenvalue weighted by Gasteiger charge is -2.33. The molecule has 0 radical (unpaired) electrons. The van der Waals surface area contributed by atoms with Crippen molar-refractivity contribution in [3.63, 3.8) is 0 Å². The van der Waals surface area contributed by atoms with Crippen molar-refractivity contribution in [1.82, 2.24) is 10.2 Å². The first kappa shape index (κ1) is 22.6. The molecule has 3 rings (SSSR count). The van der Waals surface area contributed by atoms with Crippen LogP contribution in [0.3, 0.4) is 0 Å². The van der Waals surface area contributed by atoms with E-state index >= 15 is 0 Å². The molecule has 1 amide bonds. The second kappa shape index (κ2) is 10.3. The Labute approximate surface area is 182 Å². The molecule has 1 aliphatic heterocycles. The zero-order valence-corrected chi connectivity index (χ0v) is 16.8. The molecule has 1 heterocycles. The number of non-ortho nitro benzene ring substituents is 2. The van der Waals surface area contributed by atoms with Crippen molar-refractivity contribution < 1.29 is 28.9 Å². The van der Waals surface area contributed by atoms with Crippen LogP contribution in [0.1, 0.15) is 11.1 Å². The van der Waals surface area contributed by atoms with E-state index in [1.807, 2.05) is 0 Å². The second-order valence-corrected chi connectivity index (χ2v) is 6.92. The monoisotopic (exact) mass is 444 g/mol. The molecule has 32 heavy (non-hydrogen) atoms. The number of benzene rings is 2. The summed E-state index contributed by atoms with van der Waals surface area (Å²) in [7, 11) is 0. The lowest BCUT2D eigenvalue weighted by molar-refractivity contribution is -0.385. The number of nitrogens with zero attached hydrogens (tertiary/aromatic N) is 3. The number of hydrogen-bond acceptors (Lipinski definition) is 9. The number of carbonyl (C=O) groups excluding carboxylic acids is 2. The predicted octanol–water partition coefficient (Wildman–Crippen LogP) is 2.16. The van der Waals surface area contributed by atoms with Gasteiger partial charge in [0.2, 0.25) is 0 Å². The van der Waals surface area contributed by atoms with Gasteiger partial charge in [-0.1, -0.05) is 0 Å². The maximum Gasteiger partial charge on any atom is 0.410 e. The molecule has 12 nitrogen and oxygen atoms in total. The maximum atomic E-state index is 12.6. The Morgan fingerprint density at radius 1 is 0.906 bits per heavy atom. The molecule has 1 unspecified atom stereocenters. The minimum Gasteiger partial charge on any atom is -0.459 e. The van der Waals surface area contributed by atoms with Crippen LogP contribution in [0.2, 0.25) is 0 Å². The molecule has 1 N–H and O–H groups in total. The Bertz CT molecular complexity index is 912. The smallest absolute Gasteiger partial charge is 0.410 e. The summed E-state index contributed by atoms with van der Waals surface area (Å²) in [5.41, 5.74) is 0.993. The summed E-state index contributed by atoms with van der Waals surface area (Å²) in [6.45, 7) is 0.686. The van der Waals surface area contributed by atoms with E-state index in [-0.39, 0.29) is 37.7 Å². The summed E-state index contributed by atoms with van der Waals surface area (Å²) in [5.74, 6) is -0.636.